The third kappa shape index (κ3) is 4.53. The SMILES string of the molecule is CCCc1[nH]n(-c2ccc(F)cc2)c(=O)c1C(C)=Nc1ccc(Cn2cnnc2)cc1. The number of hydrogen-bond donors (Lipinski definition) is 1. The number of aromatic amines is 1. The van der Waals surface area contributed by atoms with Crippen LogP contribution in [-0.4, -0.2) is 30.3 Å². The Morgan fingerprint density at radius 2 is 1.74 bits per heavy atom. The van der Waals surface area contributed by atoms with Gasteiger partial charge in [0.15, 0.2) is 0 Å². The minimum atomic E-state index is -0.345. The standard InChI is InChI=1S/C23H23FN6O/c1-3-4-21-22(23(31)30(28-21)20-11-7-18(24)8-12-20)16(2)27-19-9-5-17(6-10-19)13-29-14-25-26-15-29/h5-12,14-15,28H,3-4,13H2,1-2H3. The van der Waals surface area contributed by atoms with Crippen LogP contribution in [0.25, 0.3) is 5.69 Å². The lowest BCUT2D eigenvalue weighted by Crippen LogP contribution is -2.19. The van der Waals surface area contributed by atoms with E-state index in [1.165, 1.54) is 16.8 Å². The maximum absolute atomic E-state index is 13.3. The summed E-state index contributed by atoms with van der Waals surface area (Å²) >= 11 is 0. The average molecular weight is 418 g/mol. The molecule has 4 aromatic rings. The first kappa shape index (κ1) is 20.5. The van der Waals surface area contributed by atoms with Crippen molar-refractivity contribution in [3.8, 4) is 5.69 Å². The van der Waals surface area contributed by atoms with E-state index < -0.39 is 0 Å². The third-order valence-electron chi connectivity index (χ3n) is 4.98. The highest BCUT2D eigenvalue weighted by atomic mass is 19.1. The molecule has 0 aliphatic rings. The van der Waals surface area contributed by atoms with Crippen LogP contribution in [-0.2, 0) is 13.0 Å². The van der Waals surface area contributed by atoms with Gasteiger partial charge in [-0.15, -0.1) is 10.2 Å². The highest BCUT2D eigenvalue weighted by Crippen LogP contribution is 2.17. The zero-order chi connectivity index (χ0) is 21.8. The third-order valence-corrected chi connectivity index (χ3v) is 4.98. The summed E-state index contributed by atoms with van der Waals surface area (Å²) in [4.78, 5) is 17.8. The molecule has 0 aliphatic heterocycles. The van der Waals surface area contributed by atoms with Crippen molar-refractivity contribution in [2.75, 3.05) is 0 Å². The van der Waals surface area contributed by atoms with E-state index in [2.05, 4.69) is 27.2 Å². The molecule has 0 saturated heterocycles. The molecule has 158 valence electrons. The highest BCUT2D eigenvalue weighted by molar-refractivity contribution is 6.01. The van der Waals surface area contributed by atoms with Gasteiger partial charge in [-0.2, -0.15) is 0 Å². The molecule has 2 aromatic heterocycles. The van der Waals surface area contributed by atoms with E-state index in [1.807, 2.05) is 35.8 Å². The molecule has 0 atom stereocenters. The normalized spacial score (nSPS) is 11.8. The zero-order valence-corrected chi connectivity index (χ0v) is 17.4. The van der Waals surface area contributed by atoms with E-state index in [4.69, 9.17) is 0 Å². The number of H-pyrrole nitrogens is 1. The van der Waals surface area contributed by atoms with Gasteiger partial charge in [-0.3, -0.25) is 14.9 Å². The molecule has 0 unspecified atom stereocenters. The van der Waals surface area contributed by atoms with Crippen molar-refractivity contribution in [3.63, 3.8) is 0 Å². The molecule has 0 aliphatic carbocycles. The van der Waals surface area contributed by atoms with Crippen LogP contribution in [0, 0.1) is 5.82 Å². The van der Waals surface area contributed by atoms with Gasteiger partial charge in [-0.25, -0.2) is 9.07 Å². The molecule has 0 bridgehead atoms. The fourth-order valence-electron chi connectivity index (χ4n) is 3.50. The molecule has 0 spiro atoms. The van der Waals surface area contributed by atoms with E-state index in [0.717, 1.165) is 23.4 Å². The molecule has 31 heavy (non-hydrogen) atoms. The Morgan fingerprint density at radius 1 is 1.06 bits per heavy atom. The van der Waals surface area contributed by atoms with Crippen LogP contribution in [0.1, 0.15) is 37.1 Å². The minimum absolute atomic E-state index is 0.194. The van der Waals surface area contributed by atoms with E-state index in [0.29, 0.717) is 29.9 Å². The molecule has 0 amide bonds. The number of aryl methyl sites for hydroxylation is 1. The molecule has 8 heteroatoms. The Bertz CT molecular complexity index is 1230. The molecular formula is C23H23FN6O. The topological polar surface area (TPSA) is 80.9 Å². The fraction of sp³-hybridized carbons (Fsp3) is 0.217. The Labute approximate surface area is 178 Å². The molecular weight excluding hydrogens is 395 g/mol. The summed E-state index contributed by atoms with van der Waals surface area (Å²) in [5, 5.41) is 10.8. The largest absolute Gasteiger partial charge is 0.316 e. The van der Waals surface area contributed by atoms with Gasteiger partial charge >= 0.3 is 0 Å². The Morgan fingerprint density at radius 3 is 2.39 bits per heavy atom. The van der Waals surface area contributed by atoms with Gasteiger partial charge in [0.05, 0.1) is 22.6 Å². The van der Waals surface area contributed by atoms with Crippen LogP contribution in [0.15, 0.2) is 71.0 Å². The molecule has 0 radical (unpaired) electrons. The summed E-state index contributed by atoms with van der Waals surface area (Å²) in [7, 11) is 0. The van der Waals surface area contributed by atoms with Crippen molar-refractivity contribution in [1.29, 1.82) is 0 Å². The molecule has 0 saturated carbocycles. The zero-order valence-electron chi connectivity index (χ0n) is 17.4. The first-order valence-electron chi connectivity index (χ1n) is 10.1. The van der Waals surface area contributed by atoms with Gasteiger partial charge in [0.25, 0.3) is 5.56 Å². The first-order chi connectivity index (χ1) is 15.0. The summed E-state index contributed by atoms with van der Waals surface area (Å²) in [6.07, 6.45) is 4.93. The number of hydrogen-bond acceptors (Lipinski definition) is 4. The summed E-state index contributed by atoms with van der Waals surface area (Å²) in [5.41, 5.74) is 4.27. The number of benzene rings is 2. The summed E-state index contributed by atoms with van der Waals surface area (Å²) < 4.78 is 16.6. The van der Waals surface area contributed by atoms with Crippen LogP contribution in [0.3, 0.4) is 0 Å². The van der Waals surface area contributed by atoms with Crippen molar-refractivity contribution in [1.82, 2.24) is 24.5 Å². The number of aromatic nitrogens is 5. The molecule has 2 aromatic carbocycles. The van der Waals surface area contributed by atoms with E-state index in [-0.39, 0.29) is 11.4 Å². The summed E-state index contributed by atoms with van der Waals surface area (Å²) in [5.74, 6) is -0.345. The van der Waals surface area contributed by atoms with E-state index in [9.17, 15) is 9.18 Å². The molecule has 4 rings (SSSR count). The van der Waals surface area contributed by atoms with Crippen LogP contribution in [0.4, 0.5) is 10.1 Å². The monoisotopic (exact) mass is 418 g/mol. The quantitative estimate of drug-likeness (QED) is 0.460. The van der Waals surface area contributed by atoms with Gasteiger partial charge in [-0.1, -0.05) is 25.5 Å². The van der Waals surface area contributed by atoms with Gasteiger partial charge in [0.1, 0.15) is 18.5 Å². The minimum Gasteiger partial charge on any atom is -0.316 e. The lowest BCUT2D eigenvalue weighted by molar-refractivity contribution is 0.626. The van der Waals surface area contributed by atoms with Gasteiger partial charge in [-0.05, 0) is 55.3 Å². The predicted octanol–water partition coefficient (Wildman–Crippen LogP) is 4.04. The van der Waals surface area contributed by atoms with Gasteiger partial charge in [0.2, 0.25) is 0 Å². The Hall–Kier alpha value is -3.81. The smallest absolute Gasteiger partial charge is 0.280 e. The van der Waals surface area contributed by atoms with Crippen LogP contribution >= 0.6 is 0 Å². The number of nitrogens with one attached hydrogen (secondary N) is 1. The van der Waals surface area contributed by atoms with Crippen molar-refractivity contribution in [2.45, 2.75) is 33.2 Å². The number of aliphatic imine (C=N–C) groups is 1. The lowest BCUT2D eigenvalue weighted by atomic mass is 10.1. The summed E-state index contributed by atoms with van der Waals surface area (Å²) in [6.45, 7) is 4.57. The highest BCUT2D eigenvalue weighted by Gasteiger charge is 2.17. The van der Waals surface area contributed by atoms with Crippen LogP contribution in [0.2, 0.25) is 0 Å². The second-order valence-electron chi connectivity index (χ2n) is 7.33. The van der Waals surface area contributed by atoms with E-state index >= 15 is 0 Å². The summed E-state index contributed by atoms with van der Waals surface area (Å²) in [6, 6.07) is 13.7. The number of halogens is 1. The first-order valence-corrected chi connectivity index (χ1v) is 10.1. The lowest BCUT2D eigenvalue weighted by Gasteiger charge is -2.04. The second-order valence-corrected chi connectivity index (χ2v) is 7.33. The molecule has 1 N–H and O–H groups in total. The number of nitrogens with zero attached hydrogens (tertiary/aromatic N) is 5. The van der Waals surface area contributed by atoms with Crippen molar-refractivity contribution in [3.05, 3.63) is 94.2 Å². The number of rotatable bonds is 7. The van der Waals surface area contributed by atoms with Gasteiger partial charge in [0, 0.05) is 12.2 Å². The maximum atomic E-state index is 13.3. The van der Waals surface area contributed by atoms with Crippen molar-refractivity contribution in [2.24, 2.45) is 4.99 Å². The predicted molar refractivity (Wildman–Crippen MR) is 118 cm³/mol. The van der Waals surface area contributed by atoms with Crippen molar-refractivity contribution < 1.29 is 4.39 Å². The van der Waals surface area contributed by atoms with Crippen LogP contribution in [0.5, 0.6) is 0 Å². The molecule has 7 nitrogen and oxygen atoms in total. The second kappa shape index (κ2) is 8.91. The molecule has 2 heterocycles. The van der Waals surface area contributed by atoms with Gasteiger partial charge < -0.3 is 4.57 Å². The maximum Gasteiger partial charge on any atom is 0.280 e. The van der Waals surface area contributed by atoms with Crippen LogP contribution < -0.4 is 5.56 Å². The Balaban J connectivity index is 1.65. The Kier molecular flexibility index (Phi) is 5.88. The molecule has 0 fully saturated rings. The average Bonchev–Trinajstić information content (AvgIpc) is 3.38. The van der Waals surface area contributed by atoms with Crippen molar-refractivity contribution >= 4 is 11.4 Å². The fourth-order valence-corrected chi connectivity index (χ4v) is 3.50. The van der Waals surface area contributed by atoms with E-state index in [1.54, 1.807) is 24.8 Å².